The van der Waals surface area contributed by atoms with Gasteiger partial charge in [-0.2, -0.15) is 5.10 Å². The van der Waals surface area contributed by atoms with Crippen LogP contribution in [-0.4, -0.2) is 16.3 Å². The molecule has 0 spiro atoms. The molecule has 68 valence electrons. The van der Waals surface area contributed by atoms with E-state index in [0.717, 1.165) is 17.1 Å². The lowest BCUT2D eigenvalue weighted by Gasteiger charge is -2.12. The molecule has 0 fully saturated rings. The maximum atomic E-state index is 5.92. The van der Waals surface area contributed by atoms with E-state index in [1.807, 2.05) is 11.6 Å². The van der Waals surface area contributed by atoms with Crippen LogP contribution in [0, 0.1) is 0 Å². The van der Waals surface area contributed by atoms with Gasteiger partial charge in [-0.1, -0.05) is 18.5 Å². The molecule has 3 nitrogen and oxygen atoms in total. The molecule has 0 bridgehead atoms. The first-order valence-corrected chi connectivity index (χ1v) is 4.50. The second kappa shape index (κ2) is 3.92. The van der Waals surface area contributed by atoms with E-state index in [1.54, 1.807) is 6.20 Å². The Kier molecular flexibility index (Phi) is 3.12. The van der Waals surface area contributed by atoms with Crippen molar-refractivity contribution in [1.82, 2.24) is 9.78 Å². The van der Waals surface area contributed by atoms with Crippen molar-refractivity contribution in [2.45, 2.75) is 26.3 Å². The van der Waals surface area contributed by atoms with E-state index in [0.29, 0.717) is 6.54 Å². The van der Waals surface area contributed by atoms with Crippen molar-refractivity contribution in [1.29, 1.82) is 0 Å². The minimum atomic E-state index is 0.229. The van der Waals surface area contributed by atoms with Gasteiger partial charge < -0.3 is 5.73 Å². The minimum Gasteiger partial charge on any atom is -0.328 e. The topological polar surface area (TPSA) is 43.8 Å². The highest BCUT2D eigenvalue weighted by Gasteiger charge is 2.10. The van der Waals surface area contributed by atoms with E-state index >= 15 is 0 Å². The van der Waals surface area contributed by atoms with Crippen molar-refractivity contribution in [2.24, 2.45) is 5.73 Å². The van der Waals surface area contributed by atoms with Crippen molar-refractivity contribution in [2.75, 3.05) is 6.54 Å². The molecule has 0 aromatic carbocycles. The molecule has 0 aliphatic rings. The Morgan fingerprint density at radius 3 is 2.92 bits per heavy atom. The van der Waals surface area contributed by atoms with E-state index < -0.39 is 0 Å². The fourth-order valence-electron chi connectivity index (χ4n) is 1.18. The van der Waals surface area contributed by atoms with Crippen LogP contribution in [0.15, 0.2) is 6.20 Å². The lowest BCUT2D eigenvalue weighted by Crippen LogP contribution is -2.18. The van der Waals surface area contributed by atoms with Crippen LogP contribution in [0.5, 0.6) is 0 Å². The van der Waals surface area contributed by atoms with Crippen LogP contribution in [0.25, 0.3) is 0 Å². The van der Waals surface area contributed by atoms with Gasteiger partial charge in [0.05, 0.1) is 23.0 Å². The lowest BCUT2D eigenvalue weighted by atomic mass is 10.3. The quantitative estimate of drug-likeness (QED) is 0.782. The summed E-state index contributed by atoms with van der Waals surface area (Å²) in [5, 5.41) is 4.90. The van der Waals surface area contributed by atoms with Crippen LogP contribution in [-0.2, 0) is 6.42 Å². The number of rotatable bonds is 3. The van der Waals surface area contributed by atoms with Crippen molar-refractivity contribution in [3.63, 3.8) is 0 Å². The molecule has 1 aromatic rings. The first-order chi connectivity index (χ1) is 5.70. The van der Waals surface area contributed by atoms with Crippen LogP contribution in [0.3, 0.4) is 0 Å². The Morgan fingerprint density at radius 2 is 2.42 bits per heavy atom. The van der Waals surface area contributed by atoms with Crippen molar-refractivity contribution < 1.29 is 0 Å². The van der Waals surface area contributed by atoms with Gasteiger partial charge >= 0.3 is 0 Å². The molecule has 12 heavy (non-hydrogen) atoms. The molecule has 0 radical (unpaired) electrons. The highest BCUT2D eigenvalue weighted by atomic mass is 35.5. The first-order valence-electron chi connectivity index (χ1n) is 4.12. The van der Waals surface area contributed by atoms with Gasteiger partial charge in [-0.15, -0.1) is 0 Å². The molecule has 1 heterocycles. The summed E-state index contributed by atoms with van der Waals surface area (Å²) in [5.41, 5.74) is 6.60. The zero-order valence-electron chi connectivity index (χ0n) is 7.42. The summed E-state index contributed by atoms with van der Waals surface area (Å²) in [6, 6.07) is 0.229. The number of hydrogen-bond acceptors (Lipinski definition) is 2. The van der Waals surface area contributed by atoms with Crippen LogP contribution in [0.2, 0.25) is 5.02 Å². The average molecular weight is 188 g/mol. The van der Waals surface area contributed by atoms with Gasteiger partial charge in [0.1, 0.15) is 0 Å². The molecular formula is C8H14ClN3. The number of nitrogens with two attached hydrogens (primary N) is 1. The maximum Gasteiger partial charge on any atom is 0.0817 e. The van der Waals surface area contributed by atoms with Crippen LogP contribution in [0.4, 0.5) is 0 Å². The predicted octanol–water partition coefficient (Wildman–Crippen LogP) is 1.62. The Labute approximate surface area is 77.5 Å². The van der Waals surface area contributed by atoms with Gasteiger partial charge in [-0.05, 0) is 13.3 Å². The fraction of sp³-hybridized carbons (Fsp3) is 0.625. The zero-order chi connectivity index (χ0) is 9.14. The third-order valence-corrected chi connectivity index (χ3v) is 2.26. The molecule has 2 N–H and O–H groups in total. The van der Waals surface area contributed by atoms with E-state index in [9.17, 15) is 0 Å². The van der Waals surface area contributed by atoms with Gasteiger partial charge in [0.15, 0.2) is 0 Å². The predicted molar refractivity (Wildman–Crippen MR) is 50.4 cm³/mol. The standard InChI is InChI=1S/C8H14ClN3/c1-3-8-7(9)5-11-12(8)6(2)4-10/h5-6H,3-4,10H2,1-2H3. The SMILES string of the molecule is CCc1c(Cl)cnn1C(C)CN. The summed E-state index contributed by atoms with van der Waals surface area (Å²) in [6.07, 6.45) is 2.57. The van der Waals surface area contributed by atoms with E-state index in [2.05, 4.69) is 12.0 Å². The Balaban J connectivity index is 2.98. The van der Waals surface area contributed by atoms with Crippen LogP contribution in [0.1, 0.15) is 25.6 Å². The summed E-state index contributed by atoms with van der Waals surface area (Å²) < 4.78 is 1.89. The third-order valence-electron chi connectivity index (χ3n) is 1.94. The smallest absolute Gasteiger partial charge is 0.0817 e. The average Bonchev–Trinajstić information content (AvgIpc) is 2.45. The van der Waals surface area contributed by atoms with E-state index in [-0.39, 0.29) is 6.04 Å². The van der Waals surface area contributed by atoms with Gasteiger partial charge in [0, 0.05) is 6.54 Å². The van der Waals surface area contributed by atoms with E-state index in [1.165, 1.54) is 0 Å². The number of aromatic nitrogens is 2. The monoisotopic (exact) mass is 187 g/mol. The fourth-order valence-corrected chi connectivity index (χ4v) is 1.44. The summed E-state index contributed by atoms with van der Waals surface area (Å²) in [4.78, 5) is 0. The molecular weight excluding hydrogens is 174 g/mol. The van der Waals surface area contributed by atoms with Gasteiger partial charge in [0.25, 0.3) is 0 Å². The maximum absolute atomic E-state index is 5.92. The molecule has 1 unspecified atom stereocenters. The molecule has 1 aromatic heterocycles. The van der Waals surface area contributed by atoms with Crippen LogP contribution < -0.4 is 5.73 Å². The minimum absolute atomic E-state index is 0.229. The Hall–Kier alpha value is -0.540. The normalized spacial score (nSPS) is 13.3. The second-order valence-corrected chi connectivity index (χ2v) is 3.23. The number of nitrogens with zero attached hydrogens (tertiary/aromatic N) is 2. The summed E-state index contributed by atoms with van der Waals surface area (Å²) in [5.74, 6) is 0. The number of halogens is 1. The van der Waals surface area contributed by atoms with Gasteiger partial charge in [-0.25, -0.2) is 0 Å². The van der Waals surface area contributed by atoms with Crippen molar-refractivity contribution in [3.05, 3.63) is 16.9 Å². The number of hydrogen-bond donors (Lipinski definition) is 1. The van der Waals surface area contributed by atoms with E-state index in [4.69, 9.17) is 17.3 Å². The molecule has 1 atom stereocenters. The molecule has 4 heteroatoms. The third kappa shape index (κ3) is 1.62. The summed E-state index contributed by atoms with van der Waals surface area (Å²) in [7, 11) is 0. The largest absolute Gasteiger partial charge is 0.328 e. The lowest BCUT2D eigenvalue weighted by molar-refractivity contribution is 0.483. The molecule has 1 rings (SSSR count). The highest BCUT2D eigenvalue weighted by molar-refractivity contribution is 6.31. The Morgan fingerprint density at radius 1 is 1.75 bits per heavy atom. The first kappa shape index (κ1) is 9.55. The van der Waals surface area contributed by atoms with Gasteiger partial charge in [0.2, 0.25) is 0 Å². The summed E-state index contributed by atoms with van der Waals surface area (Å²) in [6.45, 7) is 4.68. The zero-order valence-corrected chi connectivity index (χ0v) is 8.17. The Bertz CT molecular complexity index is 257. The molecule has 0 amide bonds. The van der Waals surface area contributed by atoms with Crippen LogP contribution >= 0.6 is 11.6 Å². The molecule has 0 saturated heterocycles. The summed E-state index contributed by atoms with van der Waals surface area (Å²) >= 11 is 5.92. The van der Waals surface area contributed by atoms with Crippen molar-refractivity contribution >= 4 is 11.6 Å². The molecule has 0 aliphatic carbocycles. The highest BCUT2D eigenvalue weighted by Crippen LogP contribution is 2.18. The molecule has 0 saturated carbocycles. The van der Waals surface area contributed by atoms with Gasteiger partial charge in [-0.3, -0.25) is 4.68 Å². The molecule has 0 aliphatic heterocycles. The van der Waals surface area contributed by atoms with Crippen molar-refractivity contribution in [3.8, 4) is 0 Å². The second-order valence-electron chi connectivity index (χ2n) is 2.82.